The van der Waals surface area contributed by atoms with E-state index in [0.29, 0.717) is 26.2 Å². The fourth-order valence-corrected chi connectivity index (χ4v) is 2.08. The average molecular weight is 344 g/mol. The Kier molecular flexibility index (Phi) is 6.91. The Balaban J connectivity index is 1.66. The zero-order valence-electron chi connectivity index (χ0n) is 13.9. The fraction of sp³-hybridized carbons (Fsp3) is 0.278. The van der Waals surface area contributed by atoms with Gasteiger partial charge in [0.1, 0.15) is 11.4 Å². The molecule has 0 aliphatic heterocycles. The van der Waals surface area contributed by atoms with Crippen molar-refractivity contribution in [2.45, 2.75) is 13.0 Å². The van der Waals surface area contributed by atoms with Crippen LogP contribution in [-0.4, -0.2) is 42.2 Å². The predicted molar refractivity (Wildman–Crippen MR) is 90.8 cm³/mol. The normalized spacial score (nSPS) is 10.3. The number of hydrogen-bond donors (Lipinski definition) is 2. The largest absolute Gasteiger partial charge is 0.497 e. The summed E-state index contributed by atoms with van der Waals surface area (Å²) < 4.78 is 10.6. The first kappa shape index (κ1) is 18.4. The minimum absolute atomic E-state index is 0.157. The minimum Gasteiger partial charge on any atom is -0.497 e. The molecule has 0 aliphatic rings. The molecule has 25 heavy (non-hydrogen) atoms. The van der Waals surface area contributed by atoms with Gasteiger partial charge in [0.15, 0.2) is 0 Å². The molecule has 0 saturated carbocycles. The summed E-state index contributed by atoms with van der Waals surface area (Å²) in [7, 11) is 1.62. The highest BCUT2D eigenvalue weighted by Gasteiger charge is 2.10. The van der Waals surface area contributed by atoms with E-state index in [0.717, 1.165) is 11.3 Å². The molecule has 7 nitrogen and oxygen atoms in total. The SMILES string of the molecule is COc1ccc(COCCCNC(=O)c2ccnc(C(=O)O)c2)cc1. The molecule has 0 atom stereocenters. The number of carboxylic acids is 1. The molecule has 0 fully saturated rings. The van der Waals surface area contributed by atoms with E-state index in [-0.39, 0.29) is 17.2 Å². The summed E-state index contributed by atoms with van der Waals surface area (Å²) in [5.74, 6) is -0.699. The summed E-state index contributed by atoms with van der Waals surface area (Å²) in [4.78, 5) is 26.5. The zero-order valence-corrected chi connectivity index (χ0v) is 13.9. The van der Waals surface area contributed by atoms with E-state index in [1.807, 2.05) is 24.3 Å². The molecule has 0 spiro atoms. The van der Waals surface area contributed by atoms with E-state index in [1.54, 1.807) is 7.11 Å². The number of methoxy groups -OCH3 is 1. The lowest BCUT2D eigenvalue weighted by molar-refractivity contribution is 0.0690. The minimum atomic E-state index is -1.17. The molecule has 0 saturated heterocycles. The van der Waals surface area contributed by atoms with Crippen molar-refractivity contribution in [1.82, 2.24) is 10.3 Å². The van der Waals surface area contributed by atoms with E-state index < -0.39 is 5.97 Å². The van der Waals surface area contributed by atoms with Crippen LogP contribution in [0.1, 0.15) is 32.8 Å². The monoisotopic (exact) mass is 344 g/mol. The van der Waals surface area contributed by atoms with Gasteiger partial charge in [-0.2, -0.15) is 0 Å². The highest BCUT2D eigenvalue weighted by molar-refractivity contribution is 5.96. The standard InChI is InChI=1S/C18H20N2O5/c1-24-15-5-3-13(4-6-15)12-25-10-2-8-20-17(21)14-7-9-19-16(11-14)18(22)23/h3-7,9,11H,2,8,10,12H2,1H3,(H,20,21)(H,22,23). The highest BCUT2D eigenvalue weighted by atomic mass is 16.5. The highest BCUT2D eigenvalue weighted by Crippen LogP contribution is 2.11. The van der Waals surface area contributed by atoms with Crippen molar-refractivity contribution in [1.29, 1.82) is 0 Å². The summed E-state index contributed by atoms with van der Waals surface area (Å²) in [5.41, 5.74) is 1.16. The second kappa shape index (κ2) is 9.39. The molecule has 1 aromatic carbocycles. The van der Waals surface area contributed by atoms with Crippen LogP contribution in [0.4, 0.5) is 0 Å². The first-order valence-corrected chi connectivity index (χ1v) is 7.78. The molecule has 1 aromatic heterocycles. The van der Waals surface area contributed by atoms with Gasteiger partial charge < -0.3 is 19.9 Å². The van der Waals surface area contributed by atoms with E-state index in [4.69, 9.17) is 14.6 Å². The van der Waals surface area contributed by atoms with Crippen LogP contribution in [0.25, 0.3) is 0 Å². The third-order valence-corrected chi connectivity index (χ3v) is 3.42. The lowest BCUT2D eigenvalue weighted by atomic mass is 10.2. The van der Waals surface area contributed by atoms with Gasteiger partial charge in [-0.25, -0.2) is 9.78 Å². The van der Waals surface area contributed by atoms with Gasteiger partial charge in [0.05, 0.1) is 13.7 Å². The molecule has 2 N–H and O–H groups in total. The first-order chi connectivity index (χ1) is 12.1. The van der Waals surface area contributed by atoms with Crippen molar-refractivity contribution in [2.75, 3.05) is 20.3 Å². The van der Waals surface area contributed by atoms with Crippen molar-refractivity contribution in [2.24, 2.45) is 0 Å². The Morgan fingerprint density at radius 1 is 1.20 bits per heavy atom. The second-order valence-electron chi connectivity index (χ2n) is 5.25. The van der Waals surface area contributed by atoms with Gasteiger partial charge in [-0.1, -0.05) is 12.1 Å². The number of ether oxygens (including phenoxy) is 2. The molecule has 2 aromatic rings. The summed E-state index contributed by atoms with van der Waals surface area (Å²) in [6.45, 7) is 1.43. The summed E-state index contributed by atoms with van der Waals surface area (Å²) in [6, 6.07) is 10.3. The van der Waals surface area contributed by atoms with Crippen molar-refractivity contribution < 1.29 is 24.2 Å². The zero-order chi connectivity index (χ0) is 18.1. The number of nitrogens with zero attached hydrogens (tertiary/aromatic N) is 1. The molecule has 132 valence electrons. The van der Waals surface area contributed by atoms with E-state index in [9.17, 15) is 9.59 Å². The maximum atomic E-state index is 11.9. The van der Waals surface area contributed by atoms with Crippen LogP contribution in [0.15, 0.2) is 42.6 Å². The fourth-order valence-electron chi connectivity index (χ4n) is 2.08. The van der Waals surface area contributed by atoms with Gasteiger partial charge in [-0.05, 0) is 36.2 Å². The number of aromatic nitrogens is 1. The molecular weight excluding hydrogens is 324 g/mol. The Morgan fingerprint density at radius 2 is 1.96 bits per heavy atom. The van der Waals surface area contributed by atoms with Crippen LogP contribution in [0.2, 0.25) is 0 Å². The lowest BCUT2D eigenvalue weighted by Gasteiger charge is -2.07. The average Bonchev–Trinajstić information content (AvgIpc) is 2.65. The Morgan fingerprint density at radius 3 is 2.64 bits per heavy atom. The molecular formula is C18H20N2O5. The molecule has 1 amide bonds. The van der Waals surface area contributed by atoms with E-state index >= 15 is 0 Å². The number of carboxylic acid groups (broad SMARTS) is 1. The number of nitrogens with one attached hydrogen (secondary N) is 1. The Bertz CT molecular complexity index is 716. The second-order valence-corrected chi connectivity index (χ2v) is 5.25. The third kappa shape index (κ3) is 5.89. The van der Waals surface area contributed by atoms with Crippen LogP contribution < -0.4 is 10.1 Å². The van der Waals surface area contributed by atoms with Crippen molar-refractivity contribution in [3.8, 4) is 5.75 Å². The first-order valence-electron chi connectivity index (χ1n) is 7.78. The number of carbonyl (C=O) groups excluding carboxylic acids is 1. The molecule has 7 heteroatoms. The molecule has 0 radical (unpaired) electrons. The van der Waals surface area contributed by atoms with Crippen LogP contribution in [0.5, 0.6) is 5.75 Å². The van der Waals surface area contributed by atoms with E-state index in [2.05, 4.69) is 10.3 Å². The quantitative estimate of drug-likeness (QED) is 0.676. The van der Waals surface area contributed by atoms with Crippen molar-refractivity contribution in [3.05, 3.63) is 59.4 Å². The van der Waals surface area contributed by atoms with Gasteiger partial charge in [0.2, 0.25) is 0 Å². The van der Waals surface area contributed by atoms with Gasteiger partial charge >= 0.3 is 5.97 Å². The Labute approximate surface area is 145 Å². The van der Waals surface area contributed by atoms with Crippen LogP contribution in [0, 0.1) is 0 Å². The smallest absolute Gasteiger partial charge is 0.354 e. The molecule has 1 heterocycles. The van der Waals surface area contributed by atoms with Crippen LogP contribution >= 0.6 is 0 Å². The van der Waals surface area contributed by atoms with E-state index in [1.165, 1.54) is 18.3 Å². The van der Waals surface area contributed by atoms with Gasteiger partial charge in [-0.3, -0.25) is 4.79 Å². The van der Waals surface area contributed by atoms with Crippen LogP contribution in [0.3, 0.4) is 0 Å². The Hall–Kier alpha value is -2.93. The number of hydrogen-bond acceptors (Lipinski definition) is 5. The molecule has 2 rings (SSSR count). The van der Waals surface area contributed by atoms with Crippen LogP contribution in [-0.2, 0) is 11.3 Å². The number of carbonyl (C=O) groups is 2. The lowest BCUT2D eigenvalue weighted by Crippen LogP contribution is -2.25. The van der Waals surface area contributed by atoms with Gasteiger partial charge in [0.25, 0.3) is 5.91 Å². The van der Waals surface area contributed by atoms with Gasteiger partial charge in [0, 0.05) is 24.9 Å². The topological polar surface area (TPSA) is 97.8 Å². The number of pyridine rings is 1. The van der Waals surface area contributed by atoms with Crippen molar-refractivity contribution in [3.63, 3.8) is 0 Å². The number of amides is 1. The summed E-state index contributed by atoms with van der Waals surface area (Å²) >= 11 is 0. The molecule has 0 aliphatic carbocycles. The molecule has 0 unspecified atom stereocenters. The van der Waals surface area contributed by atoms with Crippen molar-refractivity contribution >= 4 is 11.9 Å². The predicted octanol–water partition coefficient (Wildman–Crippen LogP) is 2.13. The summed E-state index contributed by atoms with van der Waals surface area (Å²) in [5, 5.41) is 11.6. The third-order valence-electron chi connectivity index (χ3n) is 3.42. The summed E-state index contributed by atoms with van der Waals surface area (Å²) in [6.07, 6.45) is 1.95. The number of benzene rings is 1. The maximum absolute atomic E-state index is 11.9. The molecule has 0 bridgehead atoms. The van der Waals surface area contributed by atoms with Gasteiger partial charge in [-0.15, -0.1) is 0 Å². The number of rotatable bonds is 9. The number of aromatic carboxylic acids is 1. The maximum Gasteiger partial charge on any atom is 0.354 e.